The summed E-state index contributed by atoms with van der Waals surface area (Å²) < 4.78 is 0. The third-order valence-electron chi connectivity index (χ3n) is 2.44. The van der Waals surface area contributed by atoms with Gasteiger partial charge in [-0.1, -0.05) is 45.0 Å². The molecular weight excluding hydrogens is 176 g/mol. The molecule has 0 heterocycles. The first-order valence-electron chi connectivity index (χ1n) is 5.08. The molecule has 1 rings (SSSR count). The van der Waals surface area contributed by atoms with E-state index in [1.54, 1.807) is 0 Å². The Morgan fingerprint density at radius 1 is 1.21 bits per heavy atom. The lowest BCUT2D eigenvalue weighted by atomic mass is 9.98. The first-order chi connectivity index (χ1) is 6.69. The van der Waals surface area contributed by atoms with E-state index >= 15 is 0 Å². The molecule has 1 aromatic rings. The summed E-state index contributed by atoms with van der Waals surface area (Å²) >= 11 is 0. The van der Waals surface area contributed by atoms with E-state index < -0.39 is 0 Å². The number of benzene rings is 1. The SMILES string of the molecule is CCc1ccc(C(OO)C(C)C)cc1. The molecule has 0 radical (unpaired) electrons. The largest absolute Gasteiger partial charge is 0.251 e. The van der Waals surface area contributed by atoms with E-state index in [2.05, 4.69) is 23.9 Å². The maximum Gasteiger partial charge on any atom is 0.120 e. The van der Waals surface area contributed by atoms with Gasteiger partial charge < -0.3 is 0 Å². The molecule has 0 amide bonds. The second kappa shape index (κ2) is 5.13. The van der Waals surface area contributed by atoms with Gasteiger partial charge in [0.15, 0.2) is 0 Å². The average Bonchev–Trinajstić information content (AvgIpc) is 2.19. The van der Waals surface area contributed by atoms with Crippen molar-refractivity contribution < 1.29 is 10.1 Å². The van der Waals surface area contributed by atoms with Crippen LogP contribution in [0.15, 0.2) is 24.3 Å². The highest BCUT2D eigenvalue weighted by Gasteiger charge is 2.15. The third kappa shape index (κ3) is 2.56. The van der Waals surface area contributed by atoms with E-state index in [-0.39, 0.29) is 12.0 Å². The van der Waals surface area contributed by atoms with Gasteiger partial charge in [-0.25, -0.2) is 4.89 Å². The van der Waals surface area contributed by atoms with Crippen LogP contribution in [0.2, 0.25) is 0 Å². The second-order valence-electron chi connectivity index (χ2n) is 3.87. The summed E-state index contributed by atoms with van der Waals surface area (Å²) in [5, 5.41) is 8.78. The monoisotopic (exact) mass is 194 g/mol. The maximum absolute atomic E-state index is 8.78. The molecule has 14 heavy (non-hydrogen) atoms. The Kier molecular flexibility index (Phi) is 4.11. The Bertz CT molecular complexity index is 264. The molecule has 78 valence electrons. The fourth-order valence-corrected chi connectivity index (χ4v) is 1.51. The van der Waals surface area contributed by atoms with Gasteiger partial charge in [0.2, 0.25) is 0 Å². The molecule has 2 heteroatoms. The summed E-state index contributed by atoms with van der Waals surface area (Å²) in [5.74, 6) is 0.271. The van der Waals surface area contributed by atoms with E-state index in [0.29, 0.717) is 0 Å². The molecule has 1 unspecified atom stereocenters. The quantitative estimate of drug-likeness (QED) is 0.587. The van der Waals surface area contributed by atoms with Crippen molar-refractivity contribution in [2.45, 2.75) is 33.3 Å². The molecule has 0 saturated heterocycles. The topological polar surface area (TPSA) is 29.5 Å². The zero-order chi connectivity index (χ0) is 10.6. The van der Waals surface area contributed by atoms with Crippen LogP contribution in [-0.2, 0) is 11.3 Å². The van der Waals surface area contributed by atoms with Crippen molar-refractivity contribution in [2.75, 3.05) is 0 Å². The third-order valence-corrected chi connectivity index (χ3v) is 2.44. The molecule has 1 atom stereocenters. The van der Waals surface area contributed by atoms with E-state index in [0.717, 1.165) is 12.0 Å². The van der Waals surface area contributed by atoms with E-state index in [1.165, 1.54) is 5.56 Å². The van der Waals surface area contributed by atoms with Crippen LogP contribution >= 0.6 is 0 Å². The smallest absolute Gasteiger partial charge is 0.120 e. The summed E-state index contributed by atoms with van der Waals surface area (Å²) in [6.45, 7) is 6.17. The number of rotatable bonds is 4. The Labute approximate surface area is 85.5 Å². The van der Waals surface area contributed by atoms with Crippen LogP contribution < -0.4 is 0 Å². The first-order valence-corrected chi connectivity index (χ1v) is 5.08. The number of hydrogen-bond acceptors (Lipinski definition) is 2. The lowest BCUT2D eigenvalue weighted by Gasteiger charge is -2.17. The van der Waals surface area contributed by atoms with Gasteiger partial charge in [0, 0.05) is 0 Å². The van der Waals surface area contributed by atoms with Gasteiger partial charge in [-0.05, 0) is 23.5 Å². The van der Waals surface area contributed by atoms with Gasteiger partial charge in [-0.15, -0.1) is 0 Å². The summed E-state index contributed by atoms with van der Waals surface area (Å²) in [4.78, 5) is 4.47. The van der Waals surface area contributed by atoms with Crippen LogP contribution in [0.3, 0.4) is 0 Å². The maximum atomic E-state index is 8.78. The molecule has 2 nitrogen and oxygen atoms in total. The molecule has 0 saturated carbocycles. The summed E-state index contributed by atoms with van der Waals surface area (Å²) in [5.41, 5.74) is 2.33. The Morgan fingerprint density at radius 3 is 2.14 bits per heavy atom. The lowest BCUT2D eigenvalue weighted by molar-refractivity contribution is -0.291. The molecule has 0 spiro atoms. The number of aryl methyl sites for hydroxylation is 1. The van der Waals surface area contributed by atoms with Gasteiger partial charge in [0.1, 0.15) is 6.10 Å². The molecule has 0 aromatic heterocycles. The molecule has 0 aliphatic heterocycles. The van der Waals surface area contributed by atoms with Crippen LogP contribution in [0.25, 0.3) is 0 Å². The standard InChI is InChI=1S/C12H18O2/c1-4-10-5-7-11(8-6-10)12(14-13)9(2)3/h5-9,12-13H,4H2,1-3H3. The van der Waals surface area contributed by atoms with Gasteiger partial charge >= 0.3 is 0 Å². The highest BCUT2D eigenvalue weighted by molar-refractivity contribution is 5.24. The van der Waals surface area contributed by atoms with E-state index in [1.807, 2.05) is 26.0 Å². The van der Waals surface area contributed by atoms with Crippen LogP contribution in [0.5, 0.6) is 0 Å². The zero-order valence-corrected chi connectivity index (χ0v) is 9.03. The molecule has 0 aliphatic carbocycles. The highest BCUT2D eigenvalue weighted by atomic mass is 17.1. The van der Waals surface area contributed by atoms with Crippen molar-refractivity contribution in [3.8, 4) is 0 Å². The predicted octanol–water partition coefficient (Wildman–Crippen LogP) is 3.44. The van der Waals surface area contributed by atoms with Gasteiger partial charge in [-0.3, -0.25) is 5.26 Å². The first kappa shape index (κ1) is 11.2. The van der Waals surface area contributed by atoms with Gasteiger partial charge in [0.05, 0.1) is 0 Å². The molecule has 0 bridgehead atoms. The predicted molar refractivity (Wildman–Crippen MR) is 57.1 cm³/mol. The Morgan fingerprint density at radius 2 is 1.79 bits per heavy atom. The molecule has 0 fully saturated rings. The Hall–Kier alpha value is -0.860. The summed E-state index contributed by atoms with van der Waals surface area (Å²) in [6.07, 6.45) is 0.813. The second-order valence-corrected chi connectivity index (χ2v) is 3.87. The normalized spacial score (nSPS) is 13.2. The summed E-state index contributed by atoms with van der Waals surface area (Å²) in [7, 11) is 0. The molecule has 1 aromatic carbocycles. The average molecular weight is 194 g/mol. The van der Waals surface area contributed by atoms with Crippen molar-refractivity contribution in [2.24, 2.45) is 5.92 Å². The van der Waals surface area contributed by atoms with Crippen molar-refractivity contribution >= 4 is 0 Å². The zero-order valence-electron chi connectivity index (χ0n) is 9.03. The van der Waals surface area contributed by atoms with Crippen LogP contribution in [0, 0.1) is 5.92 Å². The minimum atomic E-state index is -0.221. The van der Waals surface area contributed by atoms with Crippen molar-refractivity contribution in [1.82, 2.24) is 0 Å². The highest BCUT2D eigenvalue weighted by Crippen LogP contribution is 2.24. The van der Waals surface area contributed by atoms with E-state index in [4.69, 9.17) is 5.26 Å². The molecule has 1 N–H and O–H groups in total. The minimum absolute atomic E-state index is 0.221. The molecular formula is C12H18O2. The van der Waals surface area contributed by atoms with Crippen LogP contribution in [-0.4, -0.2) is 5.26 Å². The lowest BCUT2D eigenvalue weighted by Crippen LogP contribution is -2.09. The van der Waals surface area contributed by atoms with Crippen molar-refractivity contribution in [3.63, 3.8) is 0 Å². The molecule has 0 aliphatic rings. The van der Waals surface area contributed by atoms with Gasteiger partial charge in [-0.2, -0.15) is 0 Å². The fraction of sp³-hybridized carbons (Fsp3) is 0.500. The van der Waals surface area contributed by atoms with Crippen molar-refractivity contribution in [1.29, 1.82) is 0 Å². The minimum Gasteiger partial charge on any atom is -0.251 e. The fourth-order valence-electron chi connectivity index (χ4n) is 1.51. The van der Waals surface area contributed by atoms with E-state index in [9.17, 15) is 0 Å². The number of hydrogen-bond donors (Lipinski definition) is 1. The Balaban J connectivity index is 2.84. The summed E-state index contributed by atoms with van der Waals surface area (Å²) in [6, 6.07) is 8.17. The van der Waals surface area contributed by atoms with Crippen molar-refractivity contribution in [3.05, 3.63) is 35.4 Å². The van der Waals surface area contributed by atoms with Crippen LogP contribution in [0.4, 0.5) is 0 Å². The van der Waals surface area contributed by atoms with Gasteiger partial charge in [0.25, 0.3) is 0 Å². The van der Waals surface area contributed by atoms with Crippen LogP contribution in [0.1, 0.15) is 38.0 Å².